The van der Waals surface area contributed by atoms with Crippen LogP contribution in [0.3, 0.4) is 0 Å². The number of rotatable bonds is 5. The quantitative estimate of drug-likeness (QED) is 0.873. The van der Waals surface area contributed by atoms with Crippen LogP contribution in [0.15, 0.2) is 28.8 Å². The third-order valence-electron chi connectivity index (χ3n) is 2.74. The average Bonchev–Trinajstić information content (AvgIpc) is 2.86. The van der Waals surface area contributed by atoms with Gasteiger partial charge in [0.2, 0.25) is 11.7 Å². The Balaban J connectivity index is 2.24. The SMILES string of the molecule is COc1ccccc1-c1noc(CC(C)CN)n1. The maximum Gasteiger partial charge on any atom is 0.227 e. The maximum atomic E-state index is 5.57. The summed E-state index contributed by atoms with van der Waals surface area (Å²) in [6.07, 6.45) is 0.693. The van der Waals surface area contributed by atoms with Gasteiger partial charge in [-0.1, -0.05) is 24.2 Å². The molecule has 0 saturated heterocycles. The highest BCUT2D eigenvalue weighted by atomic mass is 16.5. The van der Waals surface area contributed by atoms with Gasteiger partial charge in [-0.3, -0.25) is 0 Å². The molecule has 0 aliphatic heterocycles. The molecule has 5 nitrogen and oxygen atoms in total. The van der Waals surface area contributed by atoms with Gasteiger partial charge in [-0.2, -0.15) is 4.98 Å². The van der Waals surface area contributed by atoms with Crippen molar-refractivity contribution < 1.29 is 9.26 Å². The topological polar surface area (TPSA) is 74.2 Å². The van der Waals surface area contributed by atoms with E-state index in [9.17, 15) is 0 Å². The zero-order valence-corrected chi connectivity index (χ0v) is 10.6. The van der Waals surface area contributed by atoms with Gasteiger partial charge in [0.1, 0.15) is 5.75 Å². The van der Waals surface area contributed by atoms with E-state index in [1.165, 1.54) is 0 Å². The lowest BCUT2D eigenvalue weighted by Crippen LogP contribution is -2.13. The number of ether oxygens (including phenoxy) is 1. The zero-order valence-electron chi connectivity index (χ0n) is 10.6. The lowest BCUT2D eigenvalue weighted by Gasteiger charge is -2.03. The standard InChI is InChI=1S/C13H17N3O2/c1-9(8-14)7-12-15-13(16-18-12)10-5-3-4-6-11(10)17-2/h3-6,9H,7-8,14H2,1-2H3. The van der Waals surface area contributed by atoms with Crippen molar-refractivity contribution in [3.8, 4) is 17.1 Å². The Kier molecular flexibility index (Phi) is 3.94. The minimum absolute atomic E-state index is 0.330. The van der Waals surface area contributed by atoms with E-state index in [1.807, 2.05) is 31.2 Å². The molecule has 0 aliphatic rings. The first-order valence-corrected chi connectivity index (χ1v) is 5.90. The van der Waals surface area contributed by atoms with E-state index in [2.05, 4.69) is 10.1 Å². The van der Waals surface area contributed by atoms with Gasteiger partial charge in [0.15, 0.2) is 0 Å². The summed E-state index contributed by atoms with van der Waals surface area (Å²) in [7, 11) is 1.62. The Labute approximate surface area is 106 Å². The lowest BCUT2D eigenvalue weighted by molar-refractivity contribution is 0.359. The summed E-state index contributed by atoms with van der Waals surface area (Å²) in [6.45, 7) is 2.65. The van der Waals surface area contributed by atoms with Crippen molar-refractivity contribution in [1.29, 1.82) is 0 Å². The molecule has 96 valence electrons. The smallest absolute Gasteiger partial charge is 0.227 e. The van der Waals surface area contributed by atoms with E-state index in [-0.39, 0.29) is 0 Å². The number of methoxy groups -OCH3 is 1. The second-order valence-electron chi connectivity index (χ2n) is 4.26. The van der Waals surface area contributed by atoms with Crippen molar-refractivity contribution in [3.05, 3.63) is 30.2 Å². The number of hydrogen-bond acceptors (Lipinski definition) is 5. The van der Waals surface area contributed by atoms with E-state index in [1.54, 1.807) is 7.11 Å². The van der Waals surface area contributed by atoms with Crippen LogP contribution in [0.4, 0.5) is 0 Å². The van der Waals surface area contributed by atoms with Crippen molar-refractivity contribution in [2.24, 2.45) is 11.7 Å². The van der Waals surface area contributed by atoms with Gasteiger partial charge in [0.05, 0.1) is 12.7 Å². The monoisotopic (exact) mass is 247 g/mol. The second-order valence-corrected chi connectivity index (χ2v) is 4.26. The van der Waals surface area contributed by atoms with Crippen LogP contribution in [0, 0.1) is 5.92 Å². The van der Waals surface area contributed by atoms with Crippen LogP contribution < -0.4 is 10.5 Å². The fourth-order valence-electron chi connectivity index (χ4n) is 1.66. The molecule has 2 aromatic rings. The third-order valence-corrected chi connectivity index (χ3v) is 2.74. The van der Waals surface area contributed by atoms with E-state index in [0.717, 1.165) is 11.3 Å². The number of hydrogen-bond donors (Lipinski definition) is 1. The summed E-state index contributed by atoms with van der Waals surface area (Å²) in [5.74, 6) is 2.22. The molecule has 2 rings (SSSR count). The van der Waals surface area contributed by atoms with Crippen molar-refractivity contribution in [2.75, 3.05) is 13.7 Å². The molecule has 1 heterocycles. The first-order valence-electron chi connectivity index (χ1n) is 5.90. The third kappa shape index (κ3) is 2.68. The van der Waals surface area contributed by atoms with Crippen LogP contribution in [0.5, 0.6) is 5.75 Å². The predicted octanol–water partition coefficient (Wildman–Crippen LogP) is 1.88. The molecule has 0 spiro atoms. The Bertz CT molecular complexity index is 510. The van der Waals surface area contributed by atoms with Gasteiger partial charge < -0.3 is 15.0 Å². The summed E-state index contributed by atoms with van der Waals surface area (Å²) >= 11 is 0. The number of aromatic nitrogens is 2. The van der Waals surface area contributed by atoms with Crippen molar-refractivity contribution in [3.63, 3.8) is 0 Å². The van der Waals surface area contributed by atoms with Crippen LogP contribution in [0.25, 0.3) is 11.4 Å². The largest absolute Gasteiger partial charge is 0.496 e. The molecule has 0 aliphatic carbocycles. The molecule has 1 atom stereocenters. The molecule has 18 heavy (non-hydrogen) atoms. The zero-order chi connectivity index (χ0) is 13.0. The molecular weight excluding hydrogens is 230 g/mol. The van der Waals surface area contributed by atoms with Crippen LogP contribution in [0.2, 0.25) is 0 Å². The molecule has 0 bridgehead atoms. The van der Waals surface area contributed by atoms with Crippen LogP contribution in [-0.4, -0.2) is 23.8 Å². The van der Waals surface area contributed by atoms with E-state index in [4.69, 9.17) is 15.0 Å². The molecule has 2 N–H and O–H groups in total. The first kappa shape index (κ1) is 12.6. The Morgan fingerprint density at radius 2 is 2.17 bits per heavy atom. The summed E-state index contributed by atoms with van der Waals surface area (Å²) in [5, 5.41) is 3.98. The molecule has 1 aromatic heterocycles. The highest BCUT2D eigenvalue weighted by molar-refractivity contribution is 5.63. The number of benzene rings is 1. The molecule has 1 unspecified atom stereocenters. The number of nitrogens with zero attached hydrogens (tertiary/aromatic N) is 2. The molecule has 0 radical (unpaired) electrons. The highest BCUT2D eigenvalue weighted by Gasteiger charge is 2.14. The van der Waals surface area contributed by atoms with E-state index < -0.39 is 0 Å². The van der Waals surface area contributed by atoms with Gasteiger partial charge in [0, 0.05) is 6.42 Å². The van der Waals surface area contributed by atoms with Gasteiger partial charge in [-0.05, 0) is 24.6 Å². The minimum Gasteiger partial charge on any atom is -0.496 e. The molecular formula is C13H17N3O2. The van der Waals surface area contributed by atoms with Crippen molar-refractivity contribution in [2.45, 2.75) is 13.3 Å². The van der Waals surface area contributed by atoms with Gasteiger partial charge in [-0.15, -0.1) is 0 Å². The average molecular weight is 247 g/mol. The molecule has 0 saturated carbocycles. The predicted molar refractivity (Wildman–Crippen MR) is 68.2 cm³/mol. The summed E-state index contributed by atoms with van der Waals surface area (Å²) < 4.78 is 10.5. The fraction of sp³-hybridized carbons (Fsp3) is 0.385. The summed E-state index contributed by atoms with van der Waals surface area (Å²) in [6, 6.07) is 7.59. The Morgan fingerprint density at radius 3 is 2.89 bits per heavy atom. The fourth-order valence-corrected chi connectivity index (χ4v) is 1.66. The molecule has 5 heteroatoms. The van der Waals surface area contributed by atoms with Crippen molar-refractivity contribution in [1.82, 2.24) is 10.1 Å². The molecule has 1 aromatic carbocycles. The lowest BCUT2D eigenvalue weighted by atomic mass is 10.1. The van der Waals surface area contributed by atoms with Gasteiger partial charge in [-0.25, -0.2) is 0 Å². The molecule has 0 fully saturated rings. The van der Waals surface area contributed by atoms with Crippen LogP contribution in [0.1, 0.15) is 12.8 Å². The maximum absolute atomic E-state index is 5.57. The second kappa shape index (κ2) is 5.64. The Morgan fingerprint density at radius 1 is 1.39 bits per heavy atom. The van der Waals surface area contributed by atoms with Crippen LogP contribution >= 0.6 is 0 Å². The van der Waals surface area contributed by atoms with Crippen molar-refractivity contribution >= 4 is 0 Å². The van der Waals surface area contributed by atoms with Gasteiger partial charge >= 0.3 is 0 Å². The highest BCUT2D eigenvalue weighted by Crippen LogP contribution is 2.27. The summed E-state index contributed by atoms with van der Waals surface area (Å²) in [4.78, 5) is 4.36. The summed E-state index contributed by atoms with van der Waals surface area (Å²) in [5.41, 5.74) is 6.40. The van der Waals surface area contributed by atoms with E-state index >= 15 is 0 Å². The number of para-hydroxylation sites is 1. The normalized spacial score (nSPS) is 12.4. The molecule has 0 amide bonds. The van der Waals surface area contributed by atoms with Gasteiger partial charge in [0.25, 0.3) is 0 Å². The first-order chi connectivity index (χ1) is 8.74. The Hall–Kier alpha value is -1.88. The number of nitrogens with two attached hydrogens (primary N) is 1. The van der Waals surface area contributed by atoms with E-state index in [0.29, 0.717) is 30.6 Å². The van der Waals surface area contributed by atoms with Crippen LogP contribution in [-0.2, 0) is 6.42 Å². The minimum atomic E-state index is 0.330.